The average Bonchev–Trinajstić information content (AvgIpc) is 2.28. The molecule has 2 N–H and O–H groups in total. The lowest BCUT2D eigenvalue weighted by atomic mass is 10.2. The van der Waals surface area contributed by atoms with E-state index in [9.17, 15) is 13.2 Å². The molecule has 0 unspecified atom stereocenters. The lowest BCUT2D eigenvalue weighted by Crippen LogP contribution is -2.35. The third-order valence-corrected chi connectivity index (χ3v) is 3.62. The number of amides is 2. The molecular formula is C13H18N2O3S. The molecule has 0 aliphatic carbocycles. The molecule has 6 heteroatoms. The van der Waals surface area contributed by atoms with Crippen molar-refractivity contribution >= 4 is 21.7 Å². The zero-order chi connectivity index (χ0) is 14.3. The van der Waals surface area contributed by atoms with Crippen molar-refractivity contribution < 1.29 is 13.2 Å². The van der Waals surface area contributed by atoms with Crippen molar-refractivity contribution in [1.82, 2.24) is 4.72 Å². The quantitative estimate of drug-likeness (QED) is 0.787. The Bertz CT molecular complexity index is 538. The van der Waals surface area contributed by atoms with Crippen LogP contribution in [0.3, 0.4) is 0 Å². The molecule has 0 fully saturated rings. The number of anilines is 1. The summed E-state index contributed by atoms with van der Waals surface area (Å²) in [5.41, 5.74) is 1.46. The van der Waals surface area contributed by atoms with Crippen LogP contribution in [0.2, 0.25) is 0 Å². The molecule has 0 aliphatic rings. The van der Waals surface area contributed by atoms with Crippen molar-refractivity contribution in [3.8, 4) is 0 Å². The maximum atomic E-state index is 11.6. The van der Waals surface area contributed by atoms with E-state index in [1.165, 1.54) is 0 Å². The van der Waals surface area contributed by atoms with E-state index in [0.717, 1.165) is 5.57 Å². The number of benzene rings is 1. The van der Waals surface area contributed by atoms with Gasteiger partial charge in [-0.1, -0.05) is 23.8 Å². The van der Waals surface area contributed by atoms with Crippen molar-refractivity contribution in [2.45, 2.75) is 19.8 Å². The normalized spacial score (nSPS) is 10.8. The summed E-state index contributed by atoms with van der Waals surface area (Å²) in [6.07, 6.45) is 1.07. The Morgan fingerprint density at radius 1 is 1.26 bits per heavy atom. The van der Waals surface area contributed by atoms with Crippen LogP contribution in [0, 0.1) is 0 Å². The molecule has 0 spiro atoms. The van der Waals surface area contributed by atoms with Crippen LogP contribution >= 0.6 is 0 Å². The number of rotatable bonds is 6. The van der Waals surface area contributed by atoms with Gasteiger partial charge in [0.25, 0.3) is 0 Å². The second-order valence-electron chi connectivity index (χ2n) is 4.30. The first-order valence-corrected chi connectivity index (χ1v) is 7.55. The van der Waals surface area contributed by atoms with Crippen LogP contribution in [-0.4, -0.2) is 20.2 Å². The zero-order valence-electron chi connectivity index (χ0n) is 10.8. The van der Waals surface area contributed by atoms with Gasteiger partial charge in [0.05, 0.1) is 5.75 Å². The van der Waals surface area contributed by atoms with Crippen LogP contribution < -0.4 is 10.0 Å². The summed E-state index contributed by atoms with van der Waals surface area (Å²) in [5, 5.41) is 2.45. The van der Waals surface area contributed by atoms with Gasteiger partial charge in [0.2, 0.25) is 10.0 Å². The standard InChI is InChI=1S/C13H18N2O3S/c1-11(2)7-6-10-19(17,18)15-13(16)14-12-8-4-3-5-9-12/h3-5,8-9H,1,6-7,10H2,2H3,(H2,14,15,16). The number of carbonyl (C=O) groups is 1. The van der Waals surface area contributed by atoms with Crippen molar-refractivity contribution in [3.05, 3.63) is 42.5 Å². The Kier molecular flexibility index (Phi) is 5.57. The summed E-state index contributed by atoms with van der Waals surface area (Å²) >= 11 is 0. The van der Waals surface area contributed by atoms with Gasteiger partial charge in [0, 0.05) is 5.69 Å². The molecule has 2 amide bonds. The van der Waals surface area contributed by atoms with E-state index in [4.69, 9.17) is 0 Å². The number of hydrogen-bond acceptors (Lipinski definition) is 3. The first-order valence-electron chi connectivity index (χ1n) is 5.90. The highest BCUT2D eigenvalue weighted by Gasteiger charge is 2.14. The lowest BCUT2D eigenvalue weighted by Gasteiger charge is -2.08. The third kappa shape index (κ3) is 6.61. The predicted octanol–water partition coefficient (Wildman–Crippen LogP) is 2.49. The fourth-order valence-electron chi connectivity index (χ4n) is 1.43. The van der Waals surface area contributed by atoms with Gasteiger partial charge >= 0.3 is 6.03 Å². The summed E-state index contributed by atoms with van der Waals surface area (Å²) in [5.74, 6) is -0.0952. The minimum Gasteiger partial charge on any atom is -0.307 e. The fraction of sp³-hybridized carbons (Fsp3) is 0.308. The molecule has 0 saturated carbocycles. The highest BCUT2D eigenvalue weighted by atomic mass is 32.2. The molecule has 104 valence electrons. The summed E-state index contributed by atoms with van der Waals surface area (Å²) in [6.45, 7) is 5.53. The molecule has 0 heterocycles. The topological polar surface area (TPSA) is 75.3 Å². The van der Waals surface area contributed by atoms with Crippen molar-refractivity contribution in [3.63, 3.8) is 0 Å². The third-order valence-electron chi connectivity index (χ3n) is 2.30. The molecule has 0 bridgehead atoms. The van der Waals surface area contributed by atoms with Crippen LogP contribution in [-0.2, 0) is 10.0 Å². The highest BCUT2D eigenvalue weighted by Crippen LogP contribution is 2.05. The maximum Gasteiger partial charge on any atom is 0.332 e. The van der Waals surface area contributed by atoms with Crippen molar-refractivity contribution in [2.75, 3.05) is 11.1 Å². The zero-order valence-corrected chi connectivity index (χ0v) is 11.7. The van der Waals surface area contributed by atoms with Crippen LogP contribution in [0.1, 0.15) is 19.8 Å². The Labute approximate surface area is 113 Å². The van der Waals surface area contributed by atoms with Crippen molar-refractivity contribution in [1.29, 1.82) is 0 Å². The Hall–Kier alpha value is -1.82. The predicted molar refractivity (Wildman–Crippen MR) is 76.4 cm³/mol. The molecule has 5 nitrogen and oxygen atoms in total. The van der Waals surface area contributed by atoms with Gasteiger partial charge in [0.1, 0.15) is 0 Å². The molecule has 1 rings (SSSR count). The van der Waals surface area contributed by atoms with E-state index >= 15 is 0 Å². The molecule has 19 heavy (non-hydrogen) atoms. The molecule has 0 atom stereocenters. The maximum absolute atomic E-state index is 11.6. The largest absolute Gasteiger partial charge is 0.332 e. The number of urea groups is 1. The number of allylic oxidation sites excluding steroid dienone is 1. The van der Waals surface area contributed by atoms with Gasteiger partial charge < -0.3 is 5.32 Å². The highest BCUT2D eigenvalue weighted by molar-refractivity contribution is 7.90. The van der Waals surface area contributed by atoms with E-state index in [1.54, 1.807) is 30.3 Å². The number of nitrogens with one attached hydrogen (secondary N) is 2. The van der Waals surface area contributed by atoms with Crippen LogP contribution in [0.4, 0.5) is 10.5 Å². The molecule has 0 aromatic heterocycles. The summed E-state index contributed by atoms with van der Waals surface area (Å²) in [4.78, 5) is 11.5. The van der Waals surface area contributed by atoms with Gasteiger partial charge in [-0.25, -0.2) is 17.9 Å². The van der Waals surface area contributed by atoms with Gasteiger partial charge in [-0.3, -0.25) is 0 Å². The Balaban J connectivity index is 2.45. The molecule has 1 aromatic rings. The van der Waals surface area contributed by atoms with Crippen LogP contribution in [0.15, 0.2) is 42.5 Å². The average molecular weight is 282 g/mol. The fourth-order valence-corrected chi connectivity index (χ4v) is 2.39. The first kappa shape index (κ1) is 15.2. The Morgan fingerprint density at radius 2 is 1.89 bits per heavy atom. The van der Waals surface area contributed by atoms with Gasteiger partial charge in [-0.15, -0.1) is 6.58 Å². The number of para-hydroxylation sites is 1. The van der Waals surface area contributed by atoms with Gasteiger partial charge in [-0.2, -0.15) is 0 Å². The molecular weight excluding hydrogens is 264 g/mol. The van der Waals surface area contributed by atoms with Gasteiger partial charge in [-0.05, 0) is 31.9 Å². The minimum absolute atomic E-state index is 0.0952. The van der Waals surface area contributed by atoms with Gasteiger partial charge in [0.15, 0.2) is 0 Å². The van der Waals surface area contributed by atoms with E-state index < -0.39 is 16.1 Å². The van der Waals surface area contributed by atoms with Crippen LogP contribution in [0.25, 0.3) is 0 Å². The first-order chi connectivity index (χ1) is 8.89. The molecule has 0 aliphatic heterocycles. The minimum atomic E-state index is -3.60. The van der Waals surface area contributed by atoms with Crippen molar-refractivity contribution in [2.24, 2.45) is 0 Å². The lowest BCUT2D eigenvalue weighted by molar-refractivity contribution is 0.256. The van der Waals surface area contributed by atoms with E-state index in [1.807, 2.05) is 11.6 Å². The summed E-state index contributed by atoms with van der Waals surface area (Å²) in [6, 6.07) is 7.90. The second-order valence-corrected chi connectivity index (χ2v) is 6.14. The van der Waals surface area contributed by atoms with E-state index in [-0.39, 0.29) is 5.75 Å². The number of sulfonamides is 1. The Morgan fingerprint density at radius 3 is 2.47 bits per heavy atom. The van der Waals surface area contributed by atoms with E-state index in [0.29, 0.717) is 18.5 Å². The molecule has 1 aromatic carbocycles. The van der Waals surface area contributed by atoms with Crippen LogP contribution in [0.5, 0.6) is 0 Å². The summed E-state index contributed by atoms with van der Waals surface area (Å²) < 4.78 is 25.2. The van der Waals surface area contributed by atoms with E-state index in [2.05, 4.69) is 11.9 Å². The smallest absolute Gasteiger partial charge is 0.307 e. The molecule has 0 radical (unpaired) electrons. The number of hydrogen-bond donors (Lipinski definition) is 2. The molecule has 0 saturated heterocycles. The second kappa shape index (κ2) is 6.94. The SMILES string of the molecule is C=C(C)CCCS(=O)(=O)NC(=O)Nc1ccccc1. The monoisotopic (exact) mass is 282 g/mol. The summed E-state index contributed by atoms with van der Waals surface area (Å²) in [7, 11) is -3.60. The number of carbonyl (C=O) groups excluding carboxylic acids is 1.